The number of anilines is 1. The van der Waals surface area contributed by atoms with Crippen LogP contribution in [-0.4, -0.2) is 35.0 Å². The summed E-state index contributed by atoms with van der Waals surface area (Å²) in [6.07, 6.45) is 0. The second-order valence-electron chi connectivity index (χ2n) is 5.23. The van der Waals surface area contributed by atoms with Gasteiger partial charge in [0.05, 0.1) is 23.9 Å². The maximum absolute atomic E-state index is 12.9. The van der Waals surface area contributed by atoms with Crippen molar-refractivity contribution in [1.29, 1.82) is 0 Å². The average molecular weight is 359 g/mol. The van der Waals surface area contributed by atoms with Crippen LogP contribution in [0, 0.1) is 11.6 Å². The number of methoxy groups -OCH3 is 1. The molecule has 0 spiro atoms. The third-order valence-corrected chi connectivity index (χ3v) is 3.58. The van der Waals surface area contributed by atoms with E-state index >= 15 is 0 Å². The molecule has 0 bridgehead atoms. The Labute approximate surface area is 145 Å². The molecule has 1 aliphatic rings. The van der Waals surface area contributed by atoms with E-state index in [0.717, 1.165) is 6.07 Å². The van der Waals surface area contributed by atoms with Crippen LogP contribution in [0.5, 0.6) is 0 Å². The van der Waals surface area contributed by atoms with Gasteiger partial charge in [0, 0.05) is 5.39 Å². The predicted octanol–water partition coefficient (Wildman–Crippen LogP) is 2.45. The molecular weight excluding hydrogens is 348 g/mol. The smallest absolute Gasteiger partial charge is 0.359 e. The van der Waals surface area contributed by atoms with Crippen molar-refractivity contribution in [2.75, 3.05) is 12.4 Å². The van der Waals surface area contributed by atoms with E-state index in [1.165, 1.54) is 37.4 Å². The lowest BCUT2D eigenvalue weighted by Crippen LogP contribution is -2.12. The number of aromatic nitrogens is 2. The zero-order chi connectivity index (χ0) is 18.8. The van der Waals surface area contributed by atoms with Gasteiger partial charge in [0.15, 0.2) is 5.69 Å². The largest absolute Gasteiger partial charge is 0.464 e. The number of nitrogens with zero attached hydrogens (tertiary/aromatic N) is 1. The van der Waals surface area contributed by atoms with E-state index in [4.69, 9.17) is 0 Å². The lowest BCUT2D eigenvalue weighted by Gasteiger charge is -1.94. The highest BCUT2D eigenvalue weighted by atomic mass is 19.1. The molecule has 0 fully saturated rings. The summed E-state index contributed by atoms with van der Waals surface area (Å²) >= 11 is 0. The van der Waals surface area contributed by atoms with Gasteiger partial charge >= 0.3 is 5.97 Å². The molecule has 4 rings (SSSR count). The maximum atomic E-state index is 12.9. The van der Waals surface area contributed by atoms with Gasteiger partial charge in [-0.05, 0) is 36.4 Å². The van der Waals surface area contributed by atoms with Crippen molar-refractivity contribution in [1.82, 2.24) is 10.2 Å². The number of carbonyl (C=O) groups is 3. The third-order valence-electron chi connectivity index (χ3n) is 3.58. The highest BCUT2D eigenvalue weighted by Gasteiger charge is 2.27. The number of amides is 1. The van der Waals surface area contributed by atoms with Crippen molar-refractivity contribution in [2.24, 2.45) is 0 Å². The standard InChI is InChI=1S/C9H7FN2O2.C8H4FNO2/c1-14-9(13)8-6-4-5(10)2-3-7(6)11-12-8;9-4-1-2-6-5(3-4)7(11)8(12)10-6/h2-4H,1H3,(H,11,12);1-3H,(H,10,11,12). The second kappa shape index (κ2) is 6.71. The predicted molar refractivity (Wildman–Crippen MR) is 86.8 cm³/mol. The first-order chi connectivity index (χ1) is 12.4. The molecule has 1 aliphatic heterocycles. The monoisotopic (exact) mass is 359 g/mol. The summed E-state index contributed by atoms with van der Waals surface area (Å²) in [4.78, 5) is 32.9. The number of halogens is 2. The Morgan fingerprint density at radius 3 is 2.50 bits per heavy atom. The first-order valence-electron chi connectivity index (χ1n) is 7.28. The average Bonchev–Trinajstić information content (AvgIpc) is 3.16. The topological polar surface area (TPSA) is 101 Å². The molecule has 0 saturated heterocycles. The fourth-order valence-corrected chi connectivity index (χ4v) is 2.35. The molecule has 132 valence electrons. The van der Waals surface area contributed by atoms with Crippen LogP contribution in [0.2, 0.25) is 0 Å². The van der Waals surface area contributed by atoms with E-state index in [1.807, 2.05) is 0 Å². The van der Waals surface area contributed by atoms with Gasteiger partial charge in [0.2, 0.25) is 0 Å². The summed E-state index contributed by atoms with van der Waals surface area (Å²) < 4.78 is 29.9. The van der Waals surface area contributed by atoms with Crippen LogP contribution in [0.1, 0.15) is 20.8 Å². The van der Waals surface area contributed by atoms with Crippen molar-refractivity contribution in [2.45, 2.75) is 0 Å². The lowest BCUT2D eigenvalue weighted by atomic mass is 10.1. The van der Waals surface area contributed by atoms with Gasteiger partial charge < -0.3 is 10.1 Å². The zero-order valence-electron chi connectivity index (χ0n) is 13.3. The van der Waals surface area contributed by atoms with Crippen LogP contribution in [0.15, 0.2) is 36.4 Å². The van der Waals surface area contributed by atoms with Gasteiger partial charge in [-0.2, -0.15) is 5.10 Å². The van der Waals surface area contributed by atoms with Gasteiger partial charge in [-0.25, -0.2) is 13.6 Å². The number of esters is 1. The molecule has 0 saturated carbocycles. The minimum atomic E-state index is -0.699. The fraction of sp³-hybridized carbons (Fsp3) is 0.0588. The number of rotatable bonds is 1. The van der Waals surface area contributed by atoms with Gasteiger partial charge in [-0.1, -0.05) is 0 Å². The summed E-state index contributed by atoms with van der Waals surface area (Å²) in [7, 11) is 1.25. The number of benzene rings is 2. The number of Topliss-reactive ketones (excluding diaryl/α,β-unsaturated/α-hetero) is 1. The molecule has 2 aromatic carbocycles. The summed E-state index contributed by atoms with van der Waals surface area (Å²) in [6.45, 7) is 0. The van der Waals surface area contributed by atoms with Crippen molar-refractivity contribution in [3.05, 3.63) is 59.3 Å². The number of aromatic amines is 1. The number of ether oxygens (including phenoxy) is 1. The van der Waals surface area contributed by atoms with E-state index in [0.29, 0.717) is 16.6 Å². The van der Waals surface area contributed by atoms with Crippen LogP contribution >= 0.6 is 0 Å². The van der Waals surface area contributed by atoms with Crippen molar-refractivity contribution in [3.8, 4) is 0 Å². The molecule has 3 aromatic rings. The number of carbonyl (C=O) groups excluding carboxylic acids is 3. The van der Waals surface area contributed by atoms with Crippen LogP contribution in [-0.2, 0) is 9.53 Å². The van der Waals surface area contributed by atoms with Crippen molar-refractivity contribution >= 4 is 34.3 Å². The Morgan fingerprint density at radius 2 is 1.77 bits per heavy atom. The Balaban J connectivity index is 0.000000152. The highest BCUT2D eigenvalue weighted by molar-refractivity contribution is 6.51. The molecule has 1 amide bonds. The van der Waals surface area contributed by atoms with Crippen LogP contribution in [0.3, 0.4) is 0 Å². The molecule has 0 radical (unpaired) electrons. The molecule has 0 atom stereocenters. The number of fused-ring (bicyclic) bond motifs is 2. The number of hydrogen-bond acceptors (Lipinski definition) is 5. The molecular formula is C17H11F2N3O4. The van der Waals surface area contributed by atoms with Gasteiger partial charge in [0.25, 0.3) is 11.7 Å². The minimum Gasteiger partial charge on any atom is -0.464 e. The lowest BCUT2D eigenvalue weighted by molar-refractivity contribution is -0.112. The quantitative estimate of drug-likeness (QED) is 0.513. The zero-order valence-corrected chi connectivity index (χ0v) is 13.3. The van der Waals surface area contributed by atoms with Gasteiger partial charge in [-0.15, -0.1) is 0 Å². The van der Waals surface area contributed by atoms with Crippen LogP contribution in [0.4, 0.5) is 14.5 Å². The number of nitrogens with one attached hydrogen (secondary N) is 2. The molecule has 9 heteroatoms. The Hall–Kier alpha value is -3.62. The molecule has 26 heavy (non-hydrogen) atoms. The van der Waals surface area contributed by atoms with E-state index in [9.17, 15) is 23.2 Å². The van der Waals surface area contributed by atoms with Gasteiger partial charge in [0.1, 0.15) is 11.6 Å². The Bertz CT molecular complexity index is 1050. The number of hydrogen-bond donors (Lipinski definition) is 2. The molecule has 1 aromatic heterocycles. The molecule has 2 N–H and O–H groups in total. The van der Waals surface area contributed by atoms with Gasteiger partial charge in [-0.3, -0.25) is 14.7 Å². The second-order valence-corrected chi connectivity index (χ2v) is 5.23. The summed E-state index contributed by atoms with van der Waals surface area (Å²) in [5.74, 6) is -2.88. The third kappa shape index (κ3) is 3.14. The number of H-pyrrole nitrogens is 1. The molecule has 0 unspecified atom stereocenters. The normalized spacial score (nSPS) is 12.3. The molecule has 0 aliphatic carbocycles. The fourth-order valence-electron chi connectivity index (χ4n) is 2.35. The number of ketones is 1. The first-order valence-corrected chi connectivity index (χ1v) is 7.28. The van der Waals surface area contributed by atoms with Crippen molar-refractivity contribution < 1.29 is 27.9 Å². The van der Waals surface area contributed by atoms with E-state index in [1.54, 1.807) is 0 Å². The van der Waals surface area contributed by atoms with Crippen molar-refractivity contribution in [3.63, 3.8) is 0 Å². The summed E-state index contributed by atoms with van der Waals surface area (Å²) in [5.41, 5.74) is 1.19. The summed E-state index contributed by atoms with van der Waals surface area (Å²) in [6, 6.07) is 7.66. The summed E-state index contributed by atoms with van der Waals surface area (Å²) in [5, 5.41) is 9.10. The maximum Gasteiger partial charge on any atom is 0.359 e. The van der Waals surface area contributed by atoms with E-state index in [-0.39, 0.29) is 11.3 Å². The van der Waals surface area contributed by atoms with Crippen LogP contribution in [0.25, 0.3) is 10.9 Å². The highest BCUT2D eigenvalue weighted by Crippen LogP contribution is 2.23. The molecule has 2 heterocycles. The Morgan fingerprint density at radius 1 is 1.08 bits per heavy atom. The van der Waals surface area contributed by atoms with Crippen LogP contribution < -0.4 is 5.32 Å². The Kier molecular flexibility index (Phi) is 4.44. The SMILES string of the molecule is COC(=O)c1n[nH]c2ccc(F)cc12.O=C1Nc2ccc(F)cc2C1=O. The first kappa shape index (κ1) is 17.2. The van der Waals surface area contributed by atoms with E-state index in [2.05, 4.69) is 20.3 Å². The van der Waals surface area contributed by atoms with E-state index < -0.39 is 29.3 Å². The molecule has 7 nitrogen and oxygen atoms in total. The minimum absolute atomic E-state index is 0.0991.